The Kier molecular flexibility index (Phi) is 6.88. The summed E-state index contributed by atoms with van der Waals surface area (Å²) in [6, 6.07) is 17.9. The molecule has 2 aromatic rings. The minimum absolute atomic E-state index is 0.0315. The second kappa shape index (κ2) is 9.56. The van der Waals surface area contributed by atoms with Crippen molar-refractivity contribution in [3.8, 4) is 0 Å². The second-order valence-corrected chi connectivity index (χ2v) is 7.44. The number of likely N-dealkylation sites (tertiary alicyclic amines) is 1. The Morgan fingerprint density at radius 3 is 2.63 bits per heavy atom. The van der Waals surface area contributed by atoms with Gasteiger partial charge >= 0.3 is 0 Å². The molecular weight excluding hydrogens is 360 g/mol. The van der Waals surface area contributed by atoms with Crippen LogP contribution in [0.3, 0.4) is 0 Å². The van der Waals surface area contributed by atoms with E-state index >= 15 is 0 Å². The number of aryl methyl sites for hydroxylation is 1. The largest absolute Gasteiger partial charge is 0.355 e. The normalized spacial score (nSPS) is 16.6. The molecule has 0 aromatic heterocycles. The van der Waals surface area contributed by atoms with Crippen LogP contribution in [0, 0.1) is 5.92 Å². The maximum absolute atomic E-state index is 12.4. The highest BCUT2D eigenvalue weighted by Crippen LogP contribution is 2.19. The summed E-state index contributed by atoms with van der Waals surface area (Å²) in [4.78, 5) is 26.4. The number of benzene rings is 2. The third-order valence-electron chi connectivity index (χ3n) is 4.92. The van der Waals surface area contributed by atoms with E-state index < -0.39 is 0 Å². The Bertz CT molecular complexity index is 779. The van der Waals surface area contributed by atoms with E-state index in [9.17, 15) is 9.59 Å². The van der Waals surface area contributed by atoms with Crippen LogP contribution < -0.4 is 5.32 Å². The molecule has 0 spiro atoms. The average molecular weight is 385 g/mol. The van der Waals surface area contributed by atoms with Crippen LogP contribution in [-0.4, -0.2) is 36.3 Å². The van der Waals surface area contributed by atoms with E-state index in [1.54, 1.807) is 0 Å². The lowest BCUT2D eigenvalue weighted by Crippen LogP contribution is -2.34. The molecule has 1 unspecified atom stereocenters. The number of halogens is 1. The number of nitrogens with zero attached hydrogens (tertiary/aromatic N) is 1. The Morgan fingerprint density at radius 1 is 1.07 bits per heavy atom. The summed E-state index contributed by atoms with van der Waals surface area (Å²) in [5, 5.41) is 3.66. The molecule has 27 heavy (non-hydrogen) atoms. The first-order chi connectivity index (χ1) is 13.1. The van der Waals surface area contributed by atoms with Crippen molar-refractivity contribution in [2.24, 2.45) is 5.92 Å². The van der Waals surface area contributed by atoms with Gasteiger partial charge in [-0.15, -0.1) is 0 Å². The molecule has 0 saturated carbocycles. The predicted molar refractivity (Wildman–Crippen MR) is 108 cm³/mol. The summed E-state index contributed by atoms with van der Waals surface area (Å²) in [6.07, 6.45) is 2.90. The number of hydrogen-bond donors (Lipinski definition) is 1. The molecule has 0 bridgehead atoms. The molecule has 5 heteroatoms. The van der Waals surface area contributed by atoms with Gasteiger partial charge in [-0.05, 0) is 42.5 Å². The van der Waals surface area contributed by atoms with Gasteiger partial charge in [0.05, 0.1) is 5.92 Å². The van der Waals surface area contributed by atoms with Gasteiger partial charge in [-0.3, -0.25) is 9.59 Å². The summed E-state index contributed by atoms with van der Waals surface area (Å²) < 4.78 is 0. The Balaban J connectivity index is 1.39. The molecule has 2 aromatic carbocycles. The SMILES string of the molecule is O=C(NCCc1cccc(Cl)c1)C1CC(=O)N(CCCc2ccccc2)C1. The number of carbonyl (C=O) groups is 2. The number of nitrogens with one attached hydrogen (secondary N) is 1. The molecule has 2 amide bonds. The number of hydrogen-bond acceptors (Lipinski definition) is 2. The van der Waals surface area contributed by atoms with E-state index in [1.165, 1.54) is 5.56 Å². The van der Waals surface area contributed by atoms with Crippen molar-refractivity contribution < 1.29 is 9.59 Å². The molecule has 1 fully saturated rings. The van der Waals surface area contributed by atoms with E-state index in [1.807, 2.05) is 47.4 Å². The van der Waals surface area contributed by atoms with Crippen LogP contribution in [0.25, 0.3) is 0 Å². The molecule has 0 aliphatic carbocycles. The zero-order chi connectivity index (χ0) is 19.1. The van der Waals surface area contributed by atoms with Crippen molar-refractivity contribution in [1.29, 1.82) is 0 Å². The predicted octanol–water partition coefficient (Wildman–Crippen LogP) is 3.48. The fraction of sp³-hybridized carbons (Fsp3) is 0.364. The fourth-order valence-corrected chi connectivity index (χ4v) is 3.66. The van der Waals surface area contributed by atoms with E-state index in [-0.39, 0.29) is 17.7 Å². The summed E-state index contributed by atoms with van der Waals surface area (Å²) in [7, 11) is 0. The lowest BCUT2D eigenvalue weighted by Gasteiger charge is -2.16. The molecule has 1 aliphatic rings. The van der Waals surface area contributed by atoms with Crippen LogP contribution in [0.15, 0.2) is 54.6 Å². The number of rotatable bonds is 8. The lowest BCUT2D eigenvalue weighted by molar-refractivity contribution is -0.129. The van der Waals surface area contributed by atoms with Crippen LogP contribution in [0.4, 0.5) is 0 Å². The highest BCUT2D eigenvalue weighted by molar-refractivity contribution is 6.30. The zero-order valence-electron chi connectivity index (χ0n) is 15.4. The first-order valence-electron chi connectivity index (χ1n) is 9.45. The molecule has 1 aliphatic heterocycles. The molecule has 4 nitrogen and oxygen atoms in total. The smallest absolute Gasteiger partial charge is 0.225 e. The Labute approximate surface area is 165 Å². The molecule has 3 rings (SSSR count). The summed E-state index contributed by atoms with van der Waals surface area (Å²) in [5.74, 6) is -0.192. The zero-order valence-corrected chi connectivity index (χ0v) is 16.1. The fourth-order valence-electron chi connectivity index (χ4n) is 3.45. The van der Waals surface area contributed by atoms with Crippen LogP contribution in [-0.2, 0) is 22.4 Å². The van der Waals surface area contributed by atoms with Gasteiger partial charge in [-0.1, -0.05) is 54.1 Å². The monoisotopic (exact) mass is 384 g/mol. The van der Waals surface area contributed by atoms with Crippen molar-refractivity contribution in [3.05, 3.63) is 70.7 Å². The lowest BCUT2D eigenvalue weighted by atomic mass is 10.1. The molecule has 1 atom stereocenters. The summed E-state index contributed by atoms with van der Waals surface area (Å²) >= 11 is 5.97. The number of amides is 2. The summed E-state index contributed by atoms with van der Waals surface area (Å²) in [5.41, 5.74) is 2.37. The Morgan fingerprint density at radius 2 is 1.85 bits per heavy atom. The minimum Gasteiger partial charge on any atom is -0.355 e. The number of carbonyl (C=O) groups excluding carboxylic acids is 2. The van der Waals surface area contributed by atoms with Crippen molar-refractivity contribution >= 4 is 23.4 Å². The molecule has 1 heterocycles. The third kappa shape index (κ3) is 5.83. The van der Waals surface area contributed by atoms with Crippen LogP contribution in [0.1, 0.15) is 24.0 Å². The molecular formula is C22H25ClN2O2. The highest BCUT2D eigenvalue weighted by Gasteiger charge is 2.33. The molecule has 142 valence electrons. The van der Waals surface area contributed by atoms with Crippen LogP contribution >= 0.6 is 11.6 Å². The van der Waals surface area contributed by atoms with Gasteiger partial charge in [0.25, 0.3) is 0 Å². The molecule has 1 saturated heterocycles. The van der Waals surface area contributed by atoms with Gasteiger partial charge in [-0.2, -0.15) is 0 Å². The topological polar surface area (TPSA) is 49.4 Å². The quantitative estimate of drug-likeness (QED) is 0.757. The van der Waals surface area contributed by atoms with Crippen molar-refractivity contribution in [1.82, 2.24) is 10.2 Å². The maximum Gasteiger partial charge on any atom is 0.225 e. The van der Waals surface area contributed by atoms with Crippen molar-refractivity contribution in [2.75, 3.05) is 19.6 Å². The Hall–Kier alpha value is -2.33. The van der Waals surface area contributed by atoms with Gasteiger partial charge in [0, 0.05) is 31.1 Å². The molecule has 1 N–H and O–H groups in total. The highest BCUT2D eigenvalue weighted by atomic mass is 35.5. The van der Waals surface area contributed by atoms with Gasteiger partial charge in [0.1, 0.15) is 0 Å². The first kappa shape index (κ1) is 19.4. The maximum atomic E-state index is 12.4. The van der Waals surface area contributed by atoms with Crippen LogP contribution in [0.2, 0.25) is 5.02 Å². The van der Waals surface area contributed by atoms with Gasteiger partial charge < -0.3 is 10.2 Å². The van der Waals surface area contributed by atoms with Crippen molar-refractivity contribution in [3.63, 3.8) is 0 Å². The first-order valence-corrected chi connectivity index (χ1v) is 9.83. The van der Waals surface area contributed by atoms with Crippen LogP contribution in [0.5, 0.6) is 0 Å². The van der Waals surface area contributed by atoms with E-state index in [0.29, 0.717) is 31.1 Å². The van der Waals surface area contributed by atoms with Gasteiger partial charge in [-0.25, -0.2) is 0 Å². The average Bonchev–Trinajstić information content (AvgIpc) is 3.04. The van der Waals surface area contributed by atoms with E-state index in [0.717, 1.165) is 24.8 Å². The van der Waals surface area contributed by atoms with Crippen molar-refractivity contribution in [2.45, 2.75) is 25.7 Å². The standard InChI is InChI=1S/C22H25ClN2O2/c23-20-10-4-8-18(14-20)11-12-24-22(27)19-15-21(26)25(16-19)13-5-9-17-6-2-1-3-7-17/h1-4,6-8,10,14,19H,5,9,11-13,15-16H2,(H,24,27). The van der Waals surface area contributed by atoms with Gasteiger partial charge in [0.15, 0.2) is 0 Å². The van der Waals surface area contributed by atoms with E-state index in [2.05, 4.69) is 17.4 Å². The summed E-state index contributed by atoms with van der Waals surface area (Å²) in [6.45, 7) is 1.79. The second-order valence-electron chi connectivity index (χ2n) is 7.00. The third-order valence-corrected chi connectivity index (χ3v) is 5.16. The molecule has 0 radical (unpaired) electrons. The van der Waals surface area contributed by atoms with Gasteiger partial charge in [0.2, 0.25) is 11.8 Å². The van der Waals surface area contributed by atoms with E-state index in [4.69, 9.17) is 11.6 Å². The minimum atomic E-state index is -0.242.